The third kappa shape index (κ3) is 14.9. The van der Waals surface area contributed by atoms with Crippen molar-refractivity contribution in [3.05, 3.63) is 18.7 Å². The van der Waals surface area contributed by atoms with E-state index in [2.05, 4.69) is 41.7 Å². The molecule has 0 spiro atoms. The number of unbranched alkanes of at least 4 members (excludes halogenated alkanes) is 16. The molecule has 2 heteroatoms. The van der Waals surface area contributed by atoms with Crippen LogP contribution in [0.5, 0.6) is 0 Å². The second kappa shape index (κ2) is 18.6. The smallest absolute Gasteiger partial charge is 0.237 e. The Morgan fingerprint density at radius 3 is 1.52 bits per heavy atom. The Morgan fingerprint density at radius 1 is 0.556 bits per heavy atom. The van der Waals surface area contributed by atoms with Crippen LogP contribution in [0.1, 0.15) is 129 Å². The summed E-state index contributed by atoms with van der Waals surface area (Å²) >= 11 is 0. The van der Waals surface area contributed by atoms with Crippen LogP contribution in [-0.4, -0.2) is 4.57 Å². The minimum Gasteiger partial charge on any atom is -0.237 e. The first-order valence-electron chi connectivity index (χ1n) is 12.4. The fourth-order valence-corrected chi connectivity index (χ4v) is 3.91. The van der Waals surface area contributed by atoms with Crippen molar-refractivity contribution in [2.45, 2.75) is 143 Å². The second-order valence-corrected chi connectivity index (χ2v) is 8.55. The number of aromatic nitrogens is 2. The molecular weight excluding hydrogens is 328 g/mol. The minimum absolute atomic E-state index is 1.19. The molecule has 2 nitrogen and oxygen atoms in total. The van der Waals surface area contributed by atoms with Gasteiger partial charge in [-0.05, 0) is 25.7 Å². The molecule has 27 heavy (non-hydrogen) atoms. The molecule has 1 aromatic heterocycles. The van der Waals surface area contributed by atoms with Gasteiger partial charge >= 0.3 is 0 Å². The number of rotatable bonds is 20. The third-order valence-electron chi connectivity index (χ3n) is 5.79. The van der Waals surface area contributed by atoms with Crippen molar-refractivity contribution in [1.82, 2.24) is 4.57 Å². The van der Waals surface area contributed by atoms with Gasteiger partial charge < -0.3 is 0 Å². The van der Waals surface area contributed by atoms with Gasteiger partial charge in [-0.2, -0.15) is 0 Å². The fraction of sp³-hybridized carbons (Fsp3) is 0.880. The highest BCUT2D eigenvalue weighted by atomic mass is 15.1. The standard InChI is InChI=1S/C25H49N2/c1-3-5-7-9-10-11-12-13-14-15-16-18-20-22-27-24-23-26(25-27)21-19-17-8-6-4-2/h23-25H,3-22H2,1-2H3/q+1. The van der Waals surface area contributed by atoms with Crippen LogP contribution in [0.25, 0.3) is 0 Å². The van der Waals surface area contributed by atoms with E-state index < -0.39 is 0 Å². The normalized spacial score (nSPS) is 11.3. The molecule has 0 aliphatic carbocycles. The van der Waals surface area contributed by atoms with Gasteiger partial charge in [0.2, 0.25) is 6.33 Å². The zero-order chi connectivity index (χ0) is 19.4. The van der Waals surface area contributed by atoms with Crippen LogP contribution in [0.4, 0.5) is 0 Å². The number of aryl methyl sites for hydroxylation is 2. The highest BCUT2D eigenvalue weighted by Gasteiger charge is 2.03. The van der Waals surface area contributed by atoms with Gasteiger partial charge in [0.1, 0.15) is 12.4 Å². The van der Waals surface area contributed by atoms with E-state index in [1.54, 1.807) is 0 Å². The molecule has 0 aliphatic heterocycles. The zero-order valence-corrected chi connectivity index (χ0v) is 18.8. The first-order valence-corrected chi connectivity index (χ1v) is 12.4. The number of hydrogen-bond acceptors (Lipinski definition) is 0. The van der Waals surface area contributed by atoms with Crippen LogP contribution < -0.4 is 4.57 Å². The Kier molecular flexibility index (Phi) is 16.7. The topological polar surface area (TPSA) is 8.81 Å². The maximum Gasteiger partial charge on any atom is 0.243 e. The van der Waals surface area contributed by atoms with Crippen molar-refractivity contribution in [3.8, 4) is 0 Å². The first kappa shape index (κ1) is 24.2. The SMILES string of the molecule is CCCCCCCCCCCCCCCn1cc[n+](CCCCCCC)c1. The maximum absolute atomic E-state index is 2.38. The van der Waals surface area contributed by atoms with E-state index in [0.29, 0.717) is 0 Å². The predicted molar refractivity (Wildman–Crippen MR) is 119 cm³/mol. The Morgan fingerprint density at radius 2 is 1.00 bits per heavy atom. The van der Waals surface area contributed by atoms with E-state index in [1.165, 1.54) is 129 Å². The largest absolute Gasteiger partial charge is 0.243 e. The lowest BCUT2D eigenvalue weighted by Crippen LogP contribution is -2.30. The van der Waals surface area contributed by atoms with E-state index in [9.17, 15) is 0 Å². The highest BCUT2D eigenvalue weighted by Crippen LogP contribution is 2.12. The van der Waals surface area contributed by atoms with Gasteiger partial charge in [0.25, 0.3) is 0 Å². The minimum atomic E-state index is 1.19. The van der Waals surface area contributed by atoms with Gasteiger partial charge in [0.15, 0.2) is 0 Å². The van der Waals surface area contributed by atoms with Crippen LogP contribution in [0.3, 0.4) is 0 Å². The Labute approximate surface area is 170 Å². The summed E-state index contributed by atoms with van der Waals surface area (Å²) < 4.78 is 4.75. The Hall–Kier alpha value is -0.790. The summed E-state index contributed by atoms with van der Waals surface area (Å²) in [5.74, 6) is 0. The summed E-state index contributed by atoms with van der Waals surface area (Å²) in [4.78, 5) is 0. The van der Waals surface area contributed by atoms with E-state index in [1.807, 2.05) is 0 Å². The van der Waals surface area contributed by atoms with Gasteiger partial charge in [0, 0.05) is 0 Å². The molecule has 0 radical (unpaired) electrons. The summed E-state index contributed by atoms with van der Waals surface area (Å²) in [5.41, 5.74) is 0. The molecule has 0 aliphatic rings. The average molecular weight is 378 g/mol. The summed E-state index contributed by atoms with van der Waals surface area (Å²) in [6, 6.07) is 0. The molecule has 0 bridgehead atoms. The summed E-state index contributed by atoms with van der Waals surface area (Å²) in [6.07, 6.45) is 32.3. The summed E-state index contributed by atoms with van der Waals surface area (Å²) in [6.45, 7) is 6.96. The maximum atomic E-state index is 2.38. The molecule has 0 aromatic carbocycles. The first-order chi connectivity index (χ1) is 13.4. The van der Waals surface area contributed by atoms with Crippen molar-refractivity contribution in [1.29, 1.82) is 0 Å². The molecule has 0 amide bonds. The van der Waals surface area contributed by atoms with Crippen molar-refractivity contribution in [2.24, 2.45) is 0 Å². The van der Waals surface area contributed by atoms with Gasteiger partial charge in [-0.25, -0.2) is 9.13 Å². The van der Waals surface area contributed by atoms with Crippen LogP contribution in [-0.2, 0) is 13.1 Å². The Balaban J connectivity index is 1.85. The van der Waals surface area contributed by atoms with E-state index in [4.69, 9.17) is 0 Å². The quantitative estimate of drug-likeness (QED) is 0.162. The Bertz CT molecular complexity index is 410. The van der Waals surface area contributed by atoms with Crippen molar-refractivity contribution < 1.29 is 4.57 Å². The van der Waals surface area contributed by atoms with E-state index in [-0.39, 0.29) is 0 Å². The molecule has 1 rings (SSSR count). The van der Waals surface area contributed by atoms with Crippen molar-refractivity contribution >= 4 is 0 Å². The molecule has 0 saturated heterocycles. The predicted octanol–water partition coefficient (Wildman–Crippen LogP) is 7.84. The van der Waals surface area contributed by atoms with Gasteiger partial charge in [-0.3, -0.25) is 0 Å². The average Bonchev–Trinajstić information content (AvgIpc) is 3.13. The van der Waals surface area contributed by atoms with E-state index in [0.717, 1.165) is 0 Å². The van der Waals surface area contributed by atoms with Crippen LogP contribution in [0.15, 0.2) is 18.7 Å². The van der Waals surface area contributed by atoms with Crippen LogP contribution in [0.2, 0.25) is 0 Å². The van der Waals surface area contributed by atoms with Gasteiger partial charge in [-0.15, -0.1) is 0 Å². The molecule has 0 unspecified atom stereocenters. The summed E-state index contributed by atoms with van der Waals surface area (Å²) in [7, 11) is 0. The number of nitrogens with zero attached hydrogens (tertiary/aromatic N) is 2. The molecular formula is C25H49N2+. The molecule has 0 N–H and O–H groups in total. The number of imidazole rings is 1. The number of hydrogen-bond donors (Lipinski definition) is 0. The molecule has 0 fully saturated rings. The molecule has 0 saturated carbocycles. The molecule has 0 atom stereocenters. The van der Waals surface area contributed by atoms with Gasteiger partial charge in [0.05, 0.1) is 13.1 Å². The zero-order valence-electron chi connectivity index (χ0n) is 18.8. The lowest BCUT2D eigenvalue weighted by molar-refractivity contribution is -0.696. The second-order valence-electron chi connectivity index (χ2n) is 8.55. The fourth-order valence-electron chi connectivity index (χ4n) is 3.91. The lowest BCUT2D eigenvalue weighted by Gasteiger charge is -2.02. The van der Waals surface area contributed by atoms with Crippen LogP contribution in [0, 0.1) is 0 Å². The van der Waals surface area contributed by atoms with E-state index >= 15 is 0 Å². The van der Waals surface area contributed by atoms with Crippen molar-refractivity contribution in [3.63, 3.8) is 0 Å². The third-order valence-corrected chi connectivity index (χ3v) is 5.79. The highest BCUT2D eigenvalue weighted by molar-refractivity contribution is 4.66. The van der Waals surface area contributed by atoms with Crippen molar-refractivity contribution in [2.75, 3.05) is 0 Å². The molecule has 158 valence electrons. The summed E-state index contributed by atoms with van der Waals surface area (Å²) in [5, 5.41) is 0. The van der Waals surface area contributed by atoms with Gasteiger partial charge in [-0.1, -0.05) is 104 Å². The van der Waals surface area contributed by atoms with Crippen LogP contribution >= 0.6 is 0 Å². The molecule has 1 heterocycles. The lowest BCUT2D eigenvalue weighted by atomic mass is 10.0. The molecule has 1 aromatic rings. The monoisotopic (exact) mass is 377 g/mol.